The zero-order valence-electron chi connectivity index (χ0n) is 13.0. The predicted molar refractivity (Wildman–Crippen MR) is 85.9 cm³/mol. The van der Waals surface area contributed by atoms with Crippen LogP contribution < -0.4 is 14.4 Å². The summed E-state index contributed by atoms with van der Waals surface area (Å²) in [5.41, 5.74) is 0. The number of hydrogen-bond donors (Lipinski definition) is 1. The molecule has 128 valence electrons. The third kappa shape index (κ3) is 3.31. The molecule has 0 radical (unpaired) electrons. The van der Waals surface area contributed by atoms with Crippen molar-refractivity contribution >= 4 is 15.8 Å². The predicted octanol–water partition coefficient (Wildman–Crippen LogP) is 1.18. The molecule has 2 aromatic rings. The number of benzene rings is 1. The molecule has 0 bridgehead atoms. The summed E-state index contributed by atoms with van der Waals surface area (Å²) in [6, 6.07) is 4.96. The summed E-state index contributed by atoms with van der Waals surface area (Å²) in [6.07, 6.45) is 3.65. The van der Waals surface area contributed by atoms with Gasteiger partial charge in [-0.1, -0.05) is 12.1 Å². The highest BCUT2D eigenvalue weighted by Gasteiger charge is 2.30. The first-order chi connectivity index (χ1) is 11.5. The van der Waals surface area contributed by atoms with Crippen molar-refractivity contribution in [1.82, 2.24) is 14.7 Å². The fourth-order valence-electron chi connectivity index (χ4n) is 2.67. The molecule has 1 N–H and O–H groups in total. The van der Waals surface area contributed by atoms with E-state index in [4.69, 9.17) is 4.74 Å². The Balaban J connectivity index is 1.74. The number of halogens is 1. The van der Waals surface area contributed by atoms with Crippen molar-refractivity contribution in [2.75, 3.05) is 25.1 Å². The van der Waals surface area contributed by atoms with E-state index in [9.17, 15) is 12.8 Å². The molecule has 0 aliphatic carbocycles. The topological polar surface area (TPSA) is 84.4 Å². The van der Waals surface area contributed by atoms with Gasteiger partial charge >= 0.3 is 0 Å². The van der Waals surface area contributed by atoms with Crippen LogP contribution in [0.2, 0.25) is 0 Å². The summed E-state index contributed by atoms with van der Waals surface area (Å²) >= 11 is 0. The molecule has 1 aromatic carbocycles. The molecule has 1 atom stereocenters. The van der Waals surface area contributed by atoms with Gasteiger partial charge in [0.2, 0.25) is 10.0 Å². The second-order valence-electron chi connectivity index (χ2n) is 5.37. The number of sulfonamides is 1. The van der Waals surface area contributed by atoms with Gasteiger partial charge in [-0.2, -0.15) is 0 Å². The Bertz CT molecular complexity index is 831. The van der Waals surface area contributed by atoms with E-state index in [2.05, 4.69) is 14.7 Å². The molecule has 1 unspecified atom stereocenters. The summed E-state index contributed by atoms with van der Waals surface area (Å²) in [5.74, 6) is 0.179. The molecule has 1 fully saturated rings. The second kappa shape index (κ2) is 6.70. The molecule has 7 nitrogen and oxygen atoms in total. The maximum atomic E-state index is 13.7. The minimum Gasteiger partial charge on any atom is -0.478 e. The Morgan fingerprint density at radius 3 is 2.79 bits per heavy atom. The molecular weight excluding hydrogens is 335 g/mol. The monoisotopic (exact) mass is 352 g/mol. The maximum Gasteiger partial charge on any atom is 0.257 e. The van der Waals surface area contributed by atoms with E-state index >= 15 is 0 Å². The lowest BCUT2D eigenvalue weighted by Crippen LogP contribution is -2.37. The highest BCUT2D eigenvalue weighted by atomic mass is 32.2. The fraction of sp³-hybridized carbons (Fsp3) is 0.333. The van der Waals surface area contributed by atoms with Gasteiger partial charge in [0.25, 0.3) is 5.88 Å². The van der Waals surface area contributed by atoms with Gasteiger partial charge in [-0.05, 0) is 18.6 Å². The van der Waals surface area contributed by atoms with Crippen LogP contribution in [0.1, 0.15) is 6.42 Å². The van der Waals surface area contributed by atoms with Crippen LogP contribution in [0.5, 0.6) is 5.88 Å². The Labute approximate surface area is 139 Å². The van der Waals surface area contributed by atoms with E-state index in [1.807, 2.05) is 4.90 Å². The SMILES string of the molecule is COc1nccnc1N1CCC(NS(=O)(=O)c2ccccc2F)C1. The molecule has 1 aliphatic rings. The van der Waals surface area contributed by atoms with E-state index in [0.29, 0.717) is 31.2 Å². The van der Waals surface area contributed by atoms with Gasteiger partial charge in [-0.15, -0.1) is 0 Å². The van der Waals surface area contributed by atoms with Crippen LogP contribution in [0, 0.1) is 5.82 Å². The van der Waals surface area contributed by atoms with Crippen molar-refractivity contribution in [3.05, 3.63) is 42.5 Å². The largest absolute Gasteiger partial charge is 0.478 e. The average molecular weight is 352 g/mol. The molecule has 1 aliphatic heterocycles. The number of anilines is 1. The quantitative estimate of drug-likeness (QED) is 0.870. The van der Waals surface area contributed by atoms with E-state index in [-0.39, 0.29) is 10.9 Å². The number of aromatic nitrogens is 2. The summed E-state index contributed by atoms with van der Waals surface area (Å²) < 4.78 is 46.2. The van der Waals surface area contributed by atoms with Crippen LogP contribution in [0.3, 0.4) is 0 Å². The molecule has 2 heterocycles. The zero-order chi connectivity index (χ0) is 17.2. The number of nitrogens with one attached hydrogen (secondary N) is 1. The molecule has 0 amide bonds. The van der Waals surface area contributed by atoms with Gasteiger partial charge < -0.3 is 9.64 Å². The first kappa shape index (κ1) is 16.6. The van der Waals surface area contributed by atoms with Crippen LogP contribution in [-0.2, 0) is 10.0 Å². The van der Waals surface area contributed by atoms with Gasteiger partial charge in [0.05, 0.1) is 7.11 Å². The molecule has 9 heteroatoms. The molecular formula is C15H17FN4O3S. The Morgan fingerprint density at radius 2 is 2.04 bits per heavy atom. The van der Waals surface area contributed by atoms with Crippen molar-refractivity contribution < 1.29 is 17.5 Å². The third-order valence-electron chi connectivity index (χ3n) is 3.78. The summed E-state index contributed by atoms with van der Waals surface area (Å²) in [7, 11) is -2.41. The molecule has 3 rings (SSSR count). The molecule has 0 saturated carbocycles. The standard InChI is InChI=1S/C15H17FN4O3S/c1-23-15-14(17-7-8-18-15)20-9-6-11(10-20)19-24(21,22)13-5-3-2-4-12(13)16/h2-5,7-8,11,19H,6,9-10H2,1H3. The first-order valence-electron chi connectivity index (χ1n) is 7.38. The van der Waals surface area contributed by atoms with Crippen molar-refractivity contribution in [2.45, 2.75) is 17.4 Å². The lowest BCUT2D eigenvalue weighted by molar-refractivity contribution is 0.396. The third-order valence-corrected chi connectivity index (χ3v) is 5.33. The molecule has 1 aromatic heterocycles. The Hall–Kier alpha value is -2.26. The Kier molecular flexibility index (Phi) is 4.63. The number of nitrogens with zero attached hydrogens (tertiary/aromatic N) is 3. The van der Waals surface area contributed by atoms with Crippen molar-refractivity contribution in [3.8, 4) is 5.88 Å². The average Bonchev–Trinajstić information content (AvgIpc) is 3.02. The highest BCUT2D eigenvalue weighted by molar-refractivity contribution is 7.89. The van der Waals surface area contributed by atoms with Crippen molar-refractivity contribution in [3.63, 3.8) is 0 Å². The maximum absolute atomic E-state index is 13.7. The van der Waals surface area contributed by atoms with Crippen LogP contribution in [0.25, 0.3) is 0 Å². The van der Waals surface area contributed by atoms with Crippen LogP contribution >= 0.6 is 0 Å². The zero-order valence-corrected chi connectivity index (χ0v) is 13.8. The lowest BCUT2D eigenvalue weighted by Gasteiger charge is -2.19. The van der Waals surface area contributed by atoms with E-state index < -0.39 is 15.8 Å². The van der Waals surface area contributed by atoms with Crippen LogP contribution in [0.15, 0.2) is 41.6 Å². The number of rotatable bonds is 5. The van der Waals surface area contributed by atoms with Gasteiger partial charge in [-0.25, -0.2) is 27.5 Å². The van der Waals surface area contributed by atoms with Crippen molar-refractivity contribution in [1.29, 1.82) is 0 Å². The summed E-state index contributed by atoms with van der Waals surface area (Å²) in [6.45, 7) is 1.00. The van der Waals surface area contributed by atoms with Gasteiger partial charge in [0.15, 0.2) is 5.82 Å². The molecule has 24 heavy (non-hydrogen) atoms. The van der Waals surface area contributed by atoms with Crippen LogP contribution in [-0.4, -0.2) is 44.6 Å². The smallest absolute Gasteiger partial charge is 0.257 e. The highest BCUT2D eigenvalue weighted by Crippen LogP contribution is 2.26. The van der Waals surface area contributed by atoms with Crippen LogP contribution in [0.4, 0.5) is 10.2 Å². The van der Waals surface area contributed by atoms with E-state index in [1.54, 1.807) is 6.20 Å². The number of hydrogen-bond acceptors (Lipinski definition) is 6. The molecule has 1 saturated heterocycles. The lowest BCUT2D eigenvalue weighted by atomic mass is 10.3. The normalized spacial score (nSPS) is 17.9. The fourth-order valence-corrected chi connectivity index (χ4v) is 4.01. The first-order valence-corrected chi connectivity index (χ1v) is 8.86. The van der Waals surface area contributed by atoms with E-state index in [1.165, 1.54) is 31.5 Å². The Morgan fingerprint density at radius 1 is 1.29 bits per heavy atom. The van der Waals surface area contributed by atoms with Gasteiger partial charge in [-0.3, -0.25) is 0 Å². The summed E-state index contributed by atoms with van der Waals surface area (Å²) in [4.78, 5) is 9.86. The minimum absolute atomic E-state index is 0.346. The number of ether oxygens (including phenoxy) is 1. The second-order valence-corrected chi connectivity index (χ2v) is 7.05. The molecule has 0 spiro atoms. The minimum atomic E-state index is -3.91. The van der Waals surface area contributed by atoms with Gasteiger partial charge in [0, 0.05) is 31.5 Å². The summed E-state index contributed by atoms with van der Waals surface area (Å²) in [5, 5.41) is 0. The van der Waals surface area contributed by atoms with Gasteiger partial charge in [0.1, 0.15) is 10.7 Å². The van der Waals surface area contributed by atoms with E-state index in [0.717, 1.165) is 6.07 Å². The number of methoxy groups -OCH3 is 1. The van der Waals surface area contributed by atoms with Crippen molar-refractivity contribution in [2.24, 2.45) is 0 Å².